The van der Waals surface area contributed by atoms with Crippen LogP contribution >= 0.6 is 0 Å². The molecule has 1 aromatic rings. The number of rotatable bonds is 3. The molecule has 0 bridgehead atoms. The number of nitrogens with two attached hydrogens (primary N) is 1. The van der Waals surface area contributed by atoms with Crippen LogP contribution in [0.2, 0.25) is 0 Å². The van der Waals surface area contributed by atoms with E-state index in [9.17, 15) is 0 Å². The molecule has 0 spiro atoms. The fourth-order valence-electron chi connectivity index (χ4n) is 2.42. The highest BCUT2D eigenvalue weighted by atomic mass is 16.5. The van der Waals surface area contributed by atoms with E-state index in [1.807, 2.05) is 18.2 Å². The van der Waals surface area contributed by atoms with Crippen molar-refractivity contribution in [3.05, 3.63) is 40.9 Å². The largest absolute Gasteiger partial charge is 0.486 e. The molecule has 1 aliphatic heterocycles. The van der Waals surface area contributed by atoms with E-state index in [1.54, 1.807) is 6.20 Å². The molecular weight excluding hydrogens is 222 g/mol. The zero-order valence-corrected chi connectivity index (χ0v) is 11.1. The maximum absolute atomic E-state index is 6.23. The SMILES string of the molecule is CCC1(CC)CC=c2c(ccc/c2=C/C=C\N)O1. The van der Waals surface area contributed by atoms with Gasteiger partial charge in [-0.25, -0.2) is 0 Å². The van der Waals surface area contributed by atoms with E-state index in [1.165, 1.54) is 5.22 Å². The minimum Gasteiger partial charge on any atom is -0.486 e. The van der Waals surface area contributed by atoms with Crippen molar-refractivity contribution in [2.24, 2.45) is 5.73 Å². The van der Waals surface area contributed by atoms with Gasteiger partial charge in [-0.2, -0.15) is 0 Å². The summed E-state index contributed by atoms with van der Waals surface area (Å²) in [6.45, 7) is 4.38. The molecule has 0 unspecified atom stereocenters. The molecule has 1 aliphatic rings. The first-order valence-electron chi connectivity index (χ1n) is 6.61. The molecule has 0 radical (unpaired) electrons. The lowest BCUT2D eigenvalue weighted by molar-refractivity contribution is 0.0607. The Kier molecular flexibility index (Phi) is 3.75. The minimum atomic E-state index is -0.0185. The standard InChI is InChI=1S/C16H21NO/c1-3-16(4-2)11-10-14-13(8-6-12-17)7-5-9-15(14)18-16/h5-10,12H,3-4,11,17H2,1-2H3/b12-6-,13-8-. The van der Waals surface area contributed by atoms with Crippen LogP contribution in [0.25, 0.3) is 12.2 Å². The molecule has 1 aromatic carbocycles. The van der Waals surface area contributed by atoms with Crippen LogP contribution in [-0.2, 0) is 0 Å². The van der Waals surface area contributed by atoms with Crippen molar-refractivity contribution in [3.8, 4) is 5.75 Å². The molecule has 0 aromatic heterocycles. The first kappa shape index (κ1) is 12.7. The van der Waals surface area contributed by atoms with E-state index in [0.29, 0.717) is 0 Å². The lowest BCUT2D eigenvalue weighted by Crippen LogP contribution is -2.42. The Hall–Kier alpha value is -1.70. The maximum Gasteiger partial charge on any atom is 0.127 e. The van der Waals surface area contributed by atoms with Crippen LogP contribution in [0.4, 0.5) is 0 Å². The summed E-state index contributed by atoms with van der Waals surface area (Å²) in [7, 11) is 0. The summed E-state index contributed by atoms with van der Waals surface area (Å²) >= 11 is 0. The number of hydrogen-bond donors (Lipinski definition) is 1. The molecule has 18 heavy (non-hydrogen) atoms. The Morgan fingerprint density at radius 2 is 2.11 bits per heavy atom. The summed E-state index contributed by atoms with van der Waals surface area (Å²) in [6, 6.07) is 6.17. The number of ether oxygens (including phenoxy) is 1. The smallest absolute Gasteiger partial charge is 0.127 e. The van der Waals surface area contributed by atoms with Gasteiger partial charge in [0.2, 0.25) is 0 Å². The first-order chi connectivity index (χ1) is 8.74. The van der Waals surface area contributed by atoms with E-state index >= 15 is 0 Å². The van der Waals surface area contributed by atoms with Gasteiger partial charge in [-0.1, -0.05) is 38.1 Å². The first-order valence-corrected chi connectivity index (χ1v) is 6.61. The normalized spacial score (nSPS) is 18.2. The van der Waals surface area contributed by atoms with Crippen LogP contribution in [0.3, 0.4) is 0 Å². The van der Waals surface area contributed by atoms with Gasteiger partial charge in [-0.3, -0.25) is 0 Å². The maximum atomic E-state index is 6.23. The number of benzene rings is 1. The molecule has 0 aliphatic carbocycles. The second-order valence-electron chi connectivity index (χ2n) is 4.71. The fourth-order valence-corrected chi connectivity index (χ4v) is 2.42. The number of fused-ring (bicyclic) bond motifs is 1. The van der Waals surface area contributed by atoms with Crippen molar-refractivity contribution >= 4 is 12.2 Å². The van der Waals surface area contributed by atoms with Gasteiger partial charge in [-0.15, -0.1) is 0 Å². The molecular formula is C16H21NO. The van der Waals surface area contributed by atoms with Crippen molar-refractivity contribution in [1.82, 2.24) is 0 Å². The Morgan fingerprint density at radius 1 is 1.33 bits per heavy atom. The van der Waals surface area contributed by atoms with Crippen LogP contribution in [0.1, 0.15) is 33.1 Å². The number of hydrogen-bond acceptors (Lipinski definition) is 2. The predicted octanol–water partition coefficient (Wildman–Crippen LogP) is 2.06. The van der Waals surface area contributed by atoms with Gasteiger partial charge in [0.15, 0.2) is 0 Å². The van der Waals surface area contributed by atoms with Crippen molar-refractivity contribution in [1.29, 1.82) is 0 Å². The summed E-state index contributed by atoms with van der Waals surface area (Å²) in [6.07, 6.45) is 10.8. The van der Waals surface area contributed by atoms with Crippen LogP contribution in [0.5, 0.6) is 5.75 Å². The second kappa shape index (κ2) is 5.30. The molecule has 2 nitrogen and oxygen atoms in total. The molecule has 2 heteroatoms. The fraction of sp³-hybridized carbons (Fsp3) is 0.375. The third-order valence-corrected chi connectivity index (χ3v) is 3.78. The molecule has 0 saturated carbocycles. The average Bonchev–Trinajstić information content (AvgIpc) is 2.44. The second-order valence-corrected chi connectivity index (χ2v) is 4.71. The molecule has 0 saturated heterocycles. The van der Waals surface area contributed by atoms with Crippen molar-refractivity contribution in [3.63, 3.8) is 0 Å². The van der Waals surface area contributed by atoms with Gasteiger partial charge in [0, 0.05) is 11.6 Å². The highest BCUT2D eigenvalue weighted by Crippen LogP contribution is 2.29. The molecule has 0 atom stereocenters. The van der Waals surface area contributed by atoms with Crippen molar-refractivity contribution in [2.75, 3.05) is 0 Å². The molecule has 96 valence electrons. The highest BCUT2D eigenvalue weighted by Gasteiger charge is 2.29. The van der Waals surface area contributed by atoms with Crippen LogP contribution in [0, 0.1) is 0 Å². The van der Waals surface area contributed by atoms with Gasteiger partial charge in [0.05, 0.1) is 0 Å². The average molecular weight is 243 g/mol. The van der Waals surface area contributed by atoms with Gasteiger partial charge >= 0.3 is 0 Å². The van der Waals surface area contributed by atoms with Crippen LogP contribution < -0.4 is 20.9 Å². The third kappa shape index (κ3) is 2.28. The highest BCUT2D eigenvalue weighted by molar-refractivity contribution is 5.46. The Bertz CT molecular complexity index is 553. The topological polar surface area (TPSA) is 35.2 Å². The minimum absolute atomic E-state index is 0.0185. The summed E-state index contributed by atoms with van der Waals surface area (Å²) in [5.74, 6) is 0.990. The third-order valence-electron chi connectivity index (χ3n) is 3.78. The van der Waals surface area contributed by atoms with Gasteiger partial charge in [0.1, 0.15) is 11.4 Å². The quantitative estimate of drug-likeness (QED) is 0.882. The van der Waals surface area contributed by atoms with Crippen LogP contribution in [0.15, 0.2) is 30.5 Å². The monoisotopic (exact) mass is 243 g/mol. The number of allylic oxidation sites excluding steroid dienone is 1. The van der Waals surface area contributed by atoms with E-state index < -0.39 is 0 Å². The zero-order valence-electron chi connectivity index (χ0n) is 11.1. The summed E-state index contributed by atoms with van der Waals surface area (Å²) in [4.78, 5) is 0. The van der Waals surface area contributed by atoms with Gasteiger partial charge < -0.3 is 10.5 Å². The Morgan fingerprint density at radius 3 is 2.78 bits per heavy atom. The summed E-state index contributed by atoms with van der Waals surface area (Å²) in [5, 5.41) is 2.35. The van der Waals surface area contributed by atoms with E-state index in [2.05, 4.69) is 32.1 Å². The predicted molar refractivity (Wildman–Crippen MR) is 76.5 cm³/mol. The van der Waals surface area contributed by atoms with Crippen molar-refractivity contribution in [2.45, 2.75) is 38.7 Å². The molecule has 2 N–H and O–H groups in total. The van der Waals surface area contributed by atoms with E-state index in [4.69, 9.17) is 10.5 Å². The van der Waals surface area contributed by atoms with E-state index in [-0.39, 0.29) is 5.60 Å². The zero-order chi connectivity index (χ0) is 13.0. The molecule has 0 amide bonds. The summed E-state index contributed by atoms with van der Waals surface area (Å²) in [5.41, 5.74) is 5.37. The molecule has 0 fully saturated rings. The van der Waals surface area contributed by atoms with Gasteiger partial charge in [-0.05, 0) is 36.4 Å². The van der Waals surface area contributed by atoms with Crippen molar-refractivity contribution < 1.29 is 4.74 Å². The lowest BCUT2D eigenvalue weighted by atomic mass is 9.90. The van der Waals surface area contributed by atoms with E-state index in [0.717, 1.165) is 30.2 Å². The van der Waals surface area contributed by atoms with Crippen LogP contribution in [-0.4, -0.2) is 5.60 Å². The Balaban J connectivity index is 2.51. The Labute approximate surface area is 108 Å². The van der Waals surface area contributed by atoms with Gasteiger partial charge in [0.25, 0.3) is 0 Å². The molecule has 2 rings (SSSR count). The summed E-state index contributed by atoms with van der Waals surface area (Å²) < 4.78 is 6.23. The lowest BCUT2D eigenvalue weighted by Gasteiger charge is -2.34. The molecule has 1 heterocycles.